The van der Waals surface area contributed by atoms with Crippen LogP contribution in [0.5, 0.6) is 5.75 Å². The molecule has 3 N–H and O–H groups in total. The van der Waals surface area contributed by atoms with Crippen molar-refractivity contribution in [3.8, 4) is 5.75 Å². The highest BCUT2D eigenvalue weighted by Crippen LogP contribution is 2.18. The van der Waals surface area contributed by atoms with Crippen LogP contribution in [0.25, 0.3) is 0 Å². The smallest absolute Gasteiger partial charge is 0.252 e. The quantitative estimate of drug-likeness (QED) is 0.814. The van der Waals surface area contributed by atoms with Gasteiger partial charge in [-0.15, -0.1) is 0 Å². The third-order valence-corrected chi connectivity index (χ3v) is 4.28. The fourth-order valence-electron chi connectivity index (χ4n) is 2.90. The number of benzene rings is 2. The number of amides is 2. The Bertz CT molecular complexity index is 774. The van der Waals surface area contributed by atoms with Crippen LogP contribution in [0.15, 0.2) is 48.5 Å². The van der Waals surface area contributed by atoms with Gasteiger partial charge in [0.2, 0.25) is 5.91 Å². The third kappa shape index (κ3) is 3.91. The molecule has 1 aliphatic heterocycles. The molecular formula is C19H21N3O3. The monoisotopic (exact) mass is 339 g/mol. The summed E-state index contributed by atoms with van der Waals surface area (Å²) in [6, 6.07) is 13.8. The number of ether oxygens (including phenoxy) is 1. The summed E-state index contributed by atoms with van der Waals surface area (Å²) in [5, 5.41) is 2.80. The van der Waals surface area contributed by atoms with E-state index in [1.54, 1.807) is 36.3 Å². The van der Waals surface area contributed by atoms with E-state index in [2.05, 4.69) is 5.32 Å². The van der Waals surface area contributed by atoms with Crippen LogP contribution >= 0.6 is 0 Å². The van der Waals surface area contributed by atoms with Gasteiger partial charge in [0.15, 0.2) is 0 Å². The summed E-state index contributed by atoms with van der Waals surface area (Å²) >= 11 is 0. The second-order valence-electron chi connectivity index (χ2n) is 6.05. The van der Waals surface area contributed by atoms with Crippen LogP contribution in [-0.4, -0.2) is 36.4 Å². The number of nitrogens with zero attached hydrogens (tertiary/aromatic N) is 1. The molecule has 130 valence electrons. The minimum absolute atomic E-state index is 0.0620. The summed E-state index contributed by atoms with van der Waals surface area (Å²) in [5.41, 5.74) is 7.70. The van der Waals surface area contributed by atoms with Crippen LogP contribution < -0.4 is 15.8 Å². The Morgan fingerprint density at radius 1 is 1.28 bits per heavy atom. The van der Waals surface area contributed by atoms with E-state index in [9.17, 15) is 9.59 Å². The molecule has 2 amide bonds. The second kappa shape index (κ2) is 7.25. The van der Waals surface area contributed by atoms with Crippen molar-refractivity contribution >= 4 is 17.5 Å². The molecule has 0 saturated carbocycles. The zero-order chi connectivity index (χ0) is 17.8. The molecule has 0 radical (unpaired) electrons. The van der Waals surface area contributed by atoms with Gasteiger partial charge in [-0.05, 0) is 42.3 Å². The average molecular weight is 339 g/mol. The zero-order valence-electron chi connectivity index (χ0n) is 14.1. The lowest BCUT2D eigenvalue weighted by Crippen LogP contribution is -2.41. The summed E-state index contributed by atoms with van der Waals surface area (Å²) < 4.78 is 5.13. The maximum atomic E-state index is 12.5. The number of nitrogens with two attached hydrogens (primary N) is 1. The van der Waals surface area contributed by atoms with Gasteiger partial charge in [-0.1, -0.05) is 18.2 Å². The van der Waals surface area contributed by atoms with Crippen molar-refractivity contribution < 1.29 is 14.3 Å². The van der Waals surface area contributed by atoms with Crippen LogP contribution in [0.2, 0.25) is 0 Å². The highest BCUT2D eigenvalue weighted by molar-refractivity contribution is 5.98. The average Bonchev–Trinajstić information content (AvgIpc) is 2.96. The molecule has 25 heavy (non-hydrogen) atoms. The zero-order valence-corrected chi connectivity index (χ0v) is 14.1. The maximum absolute atomic E-state index is 12.5. The molecule has 2 aromatic carbocycles. The molecule has 1 saturated heterocycles. The van der Waals surface area contributed by atoms with Crippen LogP contribution in [0.1, 0.15) is 22.3 Å². The van der Waals surface area contributed by atoms with Crippen molar-refractivity contribution in [3.05, 3.63) is 59.7 Å². The summed E-state index contributed by atoms with van der Waals surface area (Å²) in [5.74, 6) is 0.439. The molecule has 1 fully saturated rings. The number of anilines is 1. The first-order valence-corrected chi connectivity index (χ1v) is 8.15. The Morgan fingerprint density at radius 3 is 2.72 bits per heavy atom. The highest BCUT2D eigenvalue weighted by atomic mass is 16.5. The van der Waals surface area contributed by atoms with Crippen LogP contribution in [0.4, 0.5) is 5.69 Å². The topological polar surface area (TPSA) is 84.7 Å². The number of nitrogens with one attached hydrogen (secondary N) is 1. The number of nitrogen functional groups attached to an aromatic ring is 1. The number of hydrogen-bond donors (Lipinski definition) is 2. The Kier molecular flexibility index (Phi) is 4.88. The third-order valence-electron chi connectivity index (χ3n) is 4.28. The molecule has 0 bridgehead atoms. The van der Waals surface area contributed by atoms with Gasteiger partial charge < -0.3 is 20.7 Å². The molecule has 0 aromatic heterocycles. The standard InChI is InChI=1S/C19H21N3O3/c1-25-16-7-5-13(6-8-16)12-22-10-9-17(19(22)24)21-18(23)14-3-2-4-15(20)11-14/h2-8,11,17H,9-10,12,20H2,1H3,(H,21,23). The van der Waals surface area contributed by atoms with Gasteiger partial charge in [-0.25, -0.2) is 0 Å². The largest absolute Gasteiger partial charge is 0.497 e. The fraction of sp³-hybridized carbons (Fsp3) is 0.263. The maximum Gasteiger partial charge on any atom is 0.252 e. The van der Waals surface area contributed by atoms with Gasteiger partial charge in [0, 0.05) is 24.3 Å². The number of carbonyl (C=O) groups excluding carboxylic acids is 2. The van der Waals surface area contributed by atoms with Crippen molar-refractivity contribution in [1.82, 2.24) is 10.2 Å². The van der Waals surface area contributed by atoms with Crippen molar-refractivity contribution in [2.75, 3.05) is 19.4 Å². The van der Waals surface area contributed by atoms with Gasteiger partial charge in [0.05, 0.1) is 7.11 Å². The first kappa shape index (κ1) is 16.8. The van der Waals surface area contributed by atoms with Gasteiger partial charge >= 0.3 is 0 Å². The van der Waals surface area contributed by atoms with Gasteiger partial charge in [-0.2, -0.15) is 0 Å². The Hall–Kier alpha value is -3.02. The number of rotatable bonds is 5. The lowest BCUT2D eigenvalue weighted by Gasteiger charge is -2.17. The van der Waals surface area contributed by atoms with Gasteiger partial charge in [-0.3, -0.25) is 9.59 Å². The first-order valence-electron chi connectivity index (χ1n) is 8.15. The molecule has 1 aliphatic rings. The number of methoxy groups -OCH3 is 1. The number of carbonyl (C=O) groups is 2. The van der Waals surface area contributed by atoms with Crippen LogP contribution in [0.3, 0.4) is 0 Å². The lowest BCUT2D eigenvalue weighted by molar-refractivity contribution is -0.129. The van der Waals surface area contributed by atoms with Crippen LogP contribution in [-0.2, 0) is 11.3 Å². The summed E-state index contributed by atoms with van der Waals surface area (Å²) in [7, 11) is 1.62. The summed E-state index contributed by atoms with van der Waals surface area (Å²) in [6.45, 7) is 1.14. The second-order valence-corrected chi connectivity index (χ2v) is 6.05. The van der Waals surface area contributed by atoms with E-state index in [1.165, 1.54) is 0 Å². The number of likely N-dealkylation sites (tertiary alicyclic amines) is 1. The SMILES string of the molecule is COc1ccc(CN2CCC(NC(=O)c3cccc(N)c3)C2=O)cc1. The van der Waals surface area contributed by atoms with E-state index in [-0.39, 0.29) is 11.8 Å². The molecule has 1 unspecified atom stereocenters. The first-order chi connectivity index (χ1) is 12.1. The van der Waals surface area contributed by atoms with E-state index >= 15 is 0 Å². The molecule has 0 spiro atoms. The van der Waals surface area contributed by atoms with E-state index < -0.39 is 6.04 Å². The molecule has 2 aromatic rings. The normalized spacial score (nSPS) is 16.8. The molecular weight excluding hydrogens is 318 g/mol. The predicted molar refractivity (Wildman–Crippen MR) is 95.1 cm³/mol. The summed E-state index contributed by atoms with van der Waals surface area (Å²) in [6.07, 6.45) is 0.600. The van der Waals surface area contributed by atoms with Crippen molar-refractivity contribution in [1.29, 1.82) is 0 Å². The van der Waals surface area contributed by atoms with Gasteiger partial charge in [0.1, 0.15) is 11.8 Å². The van der Waals surface area contributed by atoms with Crippen molar-refractivity contribution in [2.24, 2.45) is 0 Å². The molecule has 6 heteroatoms. The van der Waals surface area contributed by atoms with E-state index in [0.29, 0.717) is 30.8 Å². The molecule has 3 rings (SSSR count). The molecule has 0 aliphatic carbocycles. The summed E-state index contributed by atoms with van der Waals surface area (Å²) in [4.78, 5) is 26.6. The predicted octanol–water partition coefficient (Wildman–Crippen LogP) is 1.81. The van der Waals surface area contributed by atoms with E-state index in [0.717, 1.165) is 11.3 Å². The molecule has 1 atom stereocenters. The van der Waals surface area contributed by atoms with E-state index in [1.807, 2.05) is 24.3 Å². The molecule has 1 heterocycles. The Morgan fingerprint density at radius 2 is 2.04 bits per heavy atom. The van der Waals surface area contributed by atoms with Crippen molar-refractivity contribution in [3.63, 3.8) is 0 Å². The minimum atomic E-state index is -0.493. The fourth-order valence-corrected chi connectivity index (χ4v) is 2.90. The van der Waals surface area contributed by atoms with Gasteiger partial charge in [0.25, 0.3) is 5.91 Å². The lowest BCUT2D eigenvalue weighted by atomic mass is 10.1. The Labute approximate surface area is 146 Å². The van der Waals surface area contributed by atoms with Crippen LogP contribution in [0, 0.1) is 0 Å². The highest BCUT2D eigenvalue weighted by Gasteiger charge is 2.32. The minimum Gasteiger partial charge on any atom is -0.497 e. The molecule has 6 nitrogen and oxygen atoms in total. The number of hydrogen-bond acceptors (Lipinski definition) is 4. The Balaban J connectivity index is 1.60. The van der Waals surface area contributed by atoms with Crippen molar-refractivity contribution in [2.45, 2.75) is 19.0 Å². The van der Waals surface area contributed by atoms with E-state index in [4.69, 9.17) is 10.5 Å².